The standard InChI is InChI=1S/C21H23N5OS/c1-2-28-16-6-4-15(5-7-16)18-8-3-14(11-23-18)12-26-10-9-19-17(13-26)20(27)25-21(22)24-19/h3-8,11H,2,9-10,12-13H2,1H3,(H3,22,24,25,27). The molecule has 7 heteroatoms. The van der Waals surface area contributed by atoms with Gasteiger partial charge in [-0.25, -0.2) is 4.98 Å². The first-order chi connectivity index (χ1) is 13.6. The van der Waals surface area contributed by atoms with Crippen LogP contribution in [0, 0.1) is 0 Å². The number of hydrogen-bond acceptors (Lipinski definition) is 6. The quantitative estimate of drug-likeness (QED) is 0.648. The van der Waals surface area contributed by atoms with Gasteiger partial charge in [0.1, 0.15) is 0 Å². The molecule has 0 saturated heterocycles. The third kappa shape index (κ3) is 4.10. The lowest BCUT2D eigenvalue weighted by Gasteiger charge is -2.27. The molecule has 1 aliphatic heterocycles. The van der Waals surface area contributed by atoms with Crippen LogP contribution in [-0.2, 0) is 19.5 Å². The van der Waals surface area contributed by atoms with Crippen LogP contribution in [0.3, 0.4) is 0 Å². The zero-order chi connectivity index (χ0) is 19.5. The van der Waals surface area contributed by atoms with Crippen molar-refractivity contribution < 1.29 is 0 Å². The summed E-state index contributed by atoms with van der Waals surface area (Å²) in [6.45, 7) is 4.34. The molecule has 0 spiro atoms. The molecular formula is C21H23N5OS. The predicted molar refractivity (Wildman–Crippen MR) is 113 cm³/mol. The Kier molecular flexibility index (Phi) is 5.45. The van der Waals surface area contributed by atoms with E-state index in [2.05, 4.69) is 63.2 Å². The number of benzene rings is 1. The molecule has 3 aromatic rings. The van der Waals surface area contributed by atoms with Crippen LogP contribution in [0.1, 0.15) is 23.7 Å². The molecule has 1 aliphatic rings. The highest BCUT2D eigenvalue weighted by Gasteiger charge is 2.21. The fourth-order valence-electron chi connectivity index (χ4n) is 3.47. The van der Waals surface area contributed by atoms with Crippen molar-refractivity contribution in [3.8, 4) is 11.3 Å². The van der Waals surface area contributed by atoms with Gasteiger partial charge < -0.3 is 5.73 Å². The van der Waals surface area contributed by atoms with Gasteiger partial charge in [-0.05, 0) is 29.5 Å². The molecule has 0 unspecified atom stereocenters. The van der Waals surface area contributed by atoms with Crippen LogP contribution in [0.2, 0.25) is 0 Å². The highest BCUT2D eigenvalue weighted by Crippen LogP contribution is 2.23. The van der Waals surface area contributed by atoms with Crippen LogP contribution in [0.5, 0.6) is 0 Å². The summed E-state index contributed by atoms with van der Waals surface area (Å²) in [4.78, 5) is 27.1. The summed E-state index contributed by atoms with van der Waals surface area (Å²) in [6.07, 6.45) is 2.65. The fraction of sp³-hybridized carbons (Fsp3) is 0.286. The molecule has 0 saturated carbocycles. The zero-order valence-electron chi connectivity index (χ0n) is 15.8. The molecular weight excluding hydrogens is 370 g/mol. The van der Waals surface area contributed by atoms with Crippen molar-refractivity contribution in [2.45, 2.75) is 31.3 Å². The number of anilines is 1. The van der Waals surface area contributed by atoms with E-state index in [9.17, 15) is 4.79 Å². The number of aromatic nitrogens is 3. The Hall–Kier alpha value is -2.64. The highest BCUT2D eigenvalue weighted by molar-refractivity contribution is 7.99. The Morgan fingerprint density at radius 1 is 1.21 bits per heavy atom. The van der Waals surface area contributed by atoms with Gasteiger partial charge in [-0.15, -0.1) is 11.8 Å². The minimum absolute atomic E-state index is 0.134. The van der Waals surface area contributed by atoms with Crippen LogP contribution in [0.15, 0.2) is 52.3 Å². The summed E-state index contributed by atoms with van der Waals surface area (Å²) in [7, 11) is 0. The number of H-pyrrole nitrogens is 1. The Labute approximate surface area is 168 Å². The van der Waals surface area contributed by atoms with Crippen molar-refractivity contribution in [3.63, 3.8) is 0 Å². The molecule has 3 heterocycles. The molecule has 6 nitrogen and oxygen atoms in total. The van der Waals surface area contributed by atoms with Crippen molar-refractivity contribution in [2.75, 3.05) is 18.0 Å². The maximum atomic E-state index is 12.1. The largest absolute Gasteiger partial charge is 0.369 e. The van der Waals surface area contributed by atoms with E-state index in [0.717, 1.165) is 53.3 Å². The summed E-state index contributed by atoms with van der Waals surface area (Å²) >= 11 is 1.84. The third-order valence-electron chi connectivity index (χ3n) is 4.86. The van der Waals surface area contributed by atoms with Gasteiger partial charge in [0, 0.05) is 42.7 Å². The van der Waals surface area contributed by atoms with Crippen molar-refractivity contribution in [2.24, 2.45) is 0 Å². The summed E-state index contributed by atoms with van der Waals surface area (Å²) in [5.74, 6) is 1.26. The van der Waals surface area contributed by atoms with Crippen molar-refractivity contribution in [3.05, 3.63) is 69.8 Å². The highest BCUT2D eigenvalue weighted by atomic mass is 32.2. The van der Waals surface area contributed by atoms with E-state index >= 15 is 0 Å². The van der Waals surface area contributed by atoms with E-state index in [0.29, 0.717) is 6.54 Å². The molecule has 3 N–H and O–H groups in total. The summed E-state index contributed by atoms with van der Waals surface area (Å²) in [5, 5.41) is 0. The molecule has 0 atom stereocenters. The molecule has 28 heavy (non-hydrogen) atoms. The van der Waals surface area contributed by atoms with Gasteiger partial charge in [0.2, 0.25) is 5.95 Å². The van der Waals surface area contributed by atoms with Crippen LogP contribution >= 0.6 is 11.8 Å². The predicted octanol–water partition coefficient (Wildman–Crippen LogP) is 3.08. The molecule has 0 amide bonds. The van der Waals surface area contributed by atoms with Crippen molar-refractivity contribution in [1.82, 2.24) is 19.9 Å². The Balaban J connectivity index is 1.44. The fourth-order valence-corrected chi connectivity index (χ4v) is 4.13. The number of nitrogens with zero attached hydrogens (tertiary/aromatic N) is 3. The topological polar surface area (TPSA) is 87.9 Å². The minimum atomic E-state index is -0.134. The monoisotopic (exact) mass is 393 g/mol. The van der Waals surface area contributed by atoms with Gasteiger partial charge in [0.05, 0.1) is 17.0 Å². The van der Waals surface area contributed by atoms with Gasteiger partial charge in [-0.2, -0.15) is 0 Å². The second-order valence-electron chi connectivity index (χ2n) is 6.85. The summed E-state index contributed by atoms with van der Waals surface area (Å²) < 4.78 is 0. The smallest absolute Gasteiger partial charge is 0.257 e. The SMILES string of the molecule is CCSc1ccc(-c2ccc(CN3CCc4nc(N)[nH]c(=O)c4C3)cn2)cc1. The lowest BCUT2D eigenvalue weighted by atomic mass is 10.1. The van der Waals surface area contributed by atoms with Gasteiger partial charge in [-0.3, -0.25) is 19.7 Å². The molecule has 0 aliphatic carbocycles. The number of hydrogen-bond donors (Lipinski definition) is 2. The van der Waals surface area contributed by atoms with Crippen LogP contribution < -0.4 is 11.3 Å². The summed E-state index contributed by atoms with van der Waals surface area (Å²) in [5.41, 5.74) is 10.3. The van der Waals surface area contributed by atoms with E-state index in [1.165, 1.54) is 4.90 Å². The van der Waals surface area contributed by atoms with E-state index in [1.807, 2.05) is 18.0 Å². The van der Waals surface area contributed by atoms with E-state index in [1.54, 1.807) is 0 Å². The van der Waals surface area contributed by atoms with Crippen molar-refractivity contribution in [1.29, 1.82) is 0 Å². The summed E-state index contributed by atoms with van der Waals surface area (Å²) in [6, 6.07) is 12.7. The first kappa shape index (κ1) is 18.7. The number of rotatable bonds is 5. The lowest BCUT2D eigenvalue weighted by molar-refractivity contribution is 0.241. The first-order valence-electron chi connectivity index (χ1n) is 9.40. The number of nitrogens with two attached hydrogens (primary N) is 1. The number of pyridine rings is 1. The van der Waals surface area contributed by atoms with Crippen LogP contribution in [-0.4, -0.2) is 32.1 Å². The van der Waals surface area contributed by atoms with Gasteiger partial charge in [0.15, 0.2) is 0 Å². The first-order valence-corrected chi connectivity index (χ1v) is 10.4. The van der Waals surface area contributed by atoms with E-state index in [4.69, 9.17) is 5.73 Å². The van der Waals surface area contributed by atoms with Gasteiger partial charge in [0.25, 0.3) is 5.56 Å². The maximum Gasteiger partial charge on any atom is 0.257 e. The number of nitrogen functional groups attached to an aromatic ring is 1. The van der Waals surface area contributed by atoms with Gasteiger partial charge in [-0.1, -0.05) is 25.1 Å². The number of fused-ring (bicyclic) bond motifs is 1. The second-order valence-corrected chi connectivity index (χ2v) is 8.18. The number of aromatic amines is 1. The van der Waals surface area contributed by atoms with Gasteiger partial charge >= 0.3 is 0 Å². The van der Waals surface area contributed by atoms with E-state index < -0.39 is 0 Å². The molecule has 1 aromatic carbocycles. The van der Waals surface area contributed by atoms with Crippen LogP contribution in [0.25, 0.3) is 11.3 Å². The average Bonchev–Trinajstić information content (AvgIpc) is 2.70. The average molecular weight is 394 g/mol. The normalized spacial score (nSPS) is 14.0. The molecule has 0 radical (unpaired) electrons. The number of thioether (sulfide) groups is 1. The molecule has 0 bridgehead atoms. The third-order valence-corrected chi connectivity index (χ3v) is 5.75. The Bertz CT molecular complexity index is 1010. The van der Waals surface area contributed by atoms with Crippen LogP contribution in [0.4, 0.5) is 5.95 Å². The molecule has 4 rings (SSSR count). The zero-order valence-corrected chi connectivity index (χ0v) is 16.6. The molecule has 2 aromatic heterocycles. The number of nitrogens with one attached hydrogen (secondary N) is 1. The minimum Gasteiger partial charge on any atom is -0.369 e. The van der Waals surface area contributed by atoms with Crippen molar-refractivity contribution >= 4 is 17.7 Å². The van der Waals surface area contributed by atoms with E-state index in [-0.39, 0.29) is 11.5 Å². The molecule has 144 valence electrons. The maximum absolute atomic E-state index is 12.1. The Morgan fingerprint density at radius 3 is 2.75 bits per heavy atom. The lowest BCUT2D eigenvalue weighted by Crippen LogP contribution is -2.35. The Morgan fingerprint density at radius 2 is 2.04 bits per heavy atom. The molecule has 0 fully saturated rings. The second kappa shape index (κ2) is 8.16.